The molecule has 6 nitrogen and oxygen atoms in total. The number of pyridine rings is 2. The minimum Gasteiger partial charge on any atom is -0.364 e. The lowest BCUT2D eigenvalue weighted by atomic mass is 10.00. The van der Waals surface area contributed by atoms with E-state index in [2.05, 4.69) is 62.7 Å². The summed E-state index contributed by atoms with van der Waals surface area (Å²) in [6.07, 6.45) is 7.30. The van der Waals surface area contributed by atoms with Gasteiger partial charge in [-0.25, -0.2) is 9.97 Å². The largest absolute Gasteiger partial charge is 0.364 e. The van der Waals surface area contributed by atoms with Crippen LogP contribution in [0.5, 0.6) is 0 Å². The zero-order valence-corrected chi connectivity index (χ0v) is 17.7. The number of aromatic amines is 1. The Morgan fingerprint density at radius 1 is 0.788 bits per heavy atom. The summed E-state index contributed by atoms with van der Waals surface area (Å²) in [6.45, 7) is 0.567. The SMILES string of the molecule is c1ccc(CNc2nc(-c3cccnc3)nc3ccc(-c4cccc5[nH]ccc45)cc23)nc1. The lowest BCUT2D eigenvalue weighted by molar-refractivity contribution is 1.03. The number of hydrogen-bond acceptors (Lipinski definition) is 5. The molecule has 4 aromatic heterocycles. The normalized spacial score (nSPS) is 11.2. The number of H-pyrrole nitrogens is 1. The summed E-state index contributed by atoms with van der Waals surface area (Å²) in [5.41, 5.74) is 6.09. The Kier molecular flexibility index (Phi) is 4.73. The number of fused-ring (bicyclic) bond motifs is 2. The van der Waals surface area contributed by atoms with Crippen LogP contribution in [0.1, 0.15) is 5.69 Å². The van der Waals surface area contributed by atoms with E-state index in [0.717, 1.165) is 39.1 Å². The fourth-order valence-corrected chi connectivity index (χ4v) is 4.07. The number of nitrogens with zero attached hydrogens (tertiary/aromatic N) is 4. The van der Waals surface area contributed by atoms with Gasteiger partial charge in [-0.2, -0.15) is 0 Å². The zero-order chi connectivity index (χ0) is 22.0. The van der Waals surface area contributed by atoms with E-state index >= 15 is 0 Å². The van der Waals surface area contributed by atoms with E-state index < -0.39 is 0 Å². The molecule has 6 rings (SSSR count). The third kappa shape index (κ3) is 3.68. The van der Waals surface area contributed by atoms with Crippen molar-refractivity contribution in [2.75, 3.05) is 5.32 Å². The van der Waals surface area contributed by atoms with Crippen molar-refractivity contribution in [2.45, 2.75) is 6.54 Å². The molecule has 0 spiro atoms. The van der Waals surface area contributed by atoms with Gasteiger partial charge in [0.1, 0.15) is 5.82 Å². The molecule has 0 saturated heterocycles. The quantitative estimate of drug-likeness (QED) is 0.360. The summed E-state index contributed by atoms with van der Waals surface area (Å²) in [4.78, 5) is 21.7. The standard InChI is InChI=1S/C27H20N6/c1-2-13-29-20(6-1)17-31-27-23-15-18(21-7-3-8-24-22(21)11-14-30-24)9-10-25(23)32-26(33-27)19-5-4-12-28-16-19/h1-16,30H,17H2,(H,31,32,33). The van der Waals surface area contributed by atoms with Crippen LogP contribution in [0, 0.1) is 0 Å². The molecule has 6 aromatic rings. The second-order valence-electron chi connectivity index (χ2n) is 7.79. The predicted octanol–water partition coefficient (Wildman–Crippen LogP) is 5.85. The van der Waals surface area contributed by atoms with E-state index in [4.69, 9.17) is 9.97 Å². The van der Waals surface area contributed by atoms with Crippen LogP contribution in [0.25, 0.3) is 44.3 Å². The highest BCUT2D eigenvalue weighted by molar-refractivity contribution is 5.99. The molecule has 33 heavy (non-hydrogen) atoms. The summed E-state index contributed by atoms with van der Waals surface area (Å²) >= 11 is 0. The van der Waals surface area contributed by atoms with Crippen molar-refractivity contribution in [3.05, 3.63) is 103 Å². The van der Waals surface area contributed by atoms with Gasteiger partial charge in [0.05, 0.1) is 17.8 Å². The smallest absolute Gasteiger partial charge is 0.163 e. The molecule has 2 N–H and O–H groups in total. The highest BCUT2D eigenvalue weighted by Gasteiger charge is 2.13. The first kappa shape index (κ1) is 19.1. The number of anilines is 1. The van der Waals surface area contributed by atoms with E-state index in [1.807, 2.05) is 36.5 Å². The highest BCUT2D eigenvalue weighted by atomic mass is 15.0. The summed E-state index contributed by atoms with van der Waals surface area (Å²) in [5.74, 6) is 1.41. The van der Waals surface area contributed by atoms with Gasteiger partial charge in [0.15, 0.2) is 5.82 Å². The Labute approximate surface area is 190 Å². The molecule has 0 aliphatic rings. The van der Waals surface area contributed by atoms with Crippen molar-refractivity contribution >= 4 is 27.6 Å². The van der Waals surface area contributed by atoms with Crippen LogP contribution in [-0.4, -0.2) is 24.9 Å². The molecule has 6 heteroatoms. The van der Waals surface area contributed by atoms with Crippen LogP contribution in [0.4, 0.5) is 5.82 Å². The van der Waals surface area contributed by atoms with Crippen LogP contribution in [-0.2, 0) is 6.54 Å². The first-order chi connectivity index (χ1) is 16.3. The molecule has 0 radical (unpaired) electrons. The number of nitrogens with one attached hydrogen (secondary N) is 2. The van der Waals surface area contributed by atoms with Gasteiger partial charge in [0.2, 0.25) is 0 Å². The molecule has 0 saturated carbocycles. The van der Waals surface area contributed by atoms with Gasteiger partial charge in [-0.1, -0.05) is 24.3 Å². The number of rotatable bonds is 5. The van der Waals surface area contributed by atoms with Crippen molar-refractivity contribution < 1.29 is 0 Å². The Bertz CT molecular complexity index is 1560. The van der Waals surface area contributed by atoms with E-state index in [0.29, 0.717) is 12.4 Å². The van der Waals surface area contributed by atoms with Gasteiger partial charge in [-0.05, 0) is 59.7 Å². The lowest BCUT2D eigenvalue weighted by Gasteiger charge is -2.13. The summed E-state index contributed by atoms with van der Waals surface area (Å²) in [5, 5.41) is 5.63. The van der Waals surface area contributed by atoms with Gasteiger partial charge < -0.3 is 10.3 Å². The zero-order valence-electron chi connectivity index (χ0n) is 17.7. The lowest BCUT2D eigenvalue weighted by Crippen LogP contribution is -2.05. The first-order valence-corrected chi connectivity index (χ1v) is 10.8. The molecule has 0 aliphatic carbocycles. The fourth-order valence-electron chi connectivity index (χ4n) is 4.07. The molecule has 0 bridgehead atoms. The van der Waals surface area contributed by atoms with E-state index in [1.54, 1.807) is 18.6 Å². The van der Waals surface area contributed by atoms with Crippen LogP contribution in [0.2, 0.25) is 0 Å². The van der Waals surface area contributed by atoms with Crippen molar-refractivity contribution in [3.63, 3.8) is 0 Å². The van der Waals surface area contributed by atoms with Crippen molar-refractivity contribution in [1.82, 2.24) is 24.9 Å². The minimum atomic E-state index is 0.567. The van der Waals surface area contributed by atoms with Crippen LogP contribution >= 0.6 is 0 Å². The number of benzene rings is 2. The predicted molar refractivity (Wildman–Crippen MR) is 132 cm³/mol. The molecule has 4 heterocycles. The van der Waals surface area contributed by atoms with Crippen molar-refractivity contribution in [1.29, 1.82) is 0 Å². The topological polar surface area (TPSA) is 79.4 Å². The van der Waals surface area contributed by atoms with Gasteiger partial charge in [0.25, 0.3) is 0 Å². The maximum absolute atomic E-state index is 4.88. The molecule has 0 aliphatic heterocycles. The van der Waals surface area contributed by atoms with Gasteiger partial charge in [0, 0.05) is 46.6 Å². The van der Waals surface area contributed by atoms with Crippen LogP contribution in [0.3, 0.4) is 0 Å². The summed E-state index contributed by atoms with van der Waals surface area (Å²) in [7, 11) is 0. The van der Waals surface area contributed by atoms with Gasteiger partial charge >= 0.3 is 0 Å². The van der Waals surface area contributed by atoms with Gasteiger partial charge in [-0.15, -0.1) is 0 Å². The van der Waals surface area contributed by atoms with Crippen molar-refractivity contribution in [3.8, 4) is 22.5 Å². The maximum atomic E-state index is 4.88. The molecule has 0 amide bonds. The van der Waals surface area contributed by atoms with Crippen LogP contribution < -0.4 is 5.32 Å². The maximum Gasteiger partial charge on any atom is 0.163 e. The Hall–Kier alpha value is -4.58. The first-order valence-electron chi connectivity index (χ1n) is 10.8. The third-order valence-corrected chi connectivity index (χ3v) is 5.68. The van der Waals surface area contributed by atoms with Gasteiger partial charge in [-0.3, -0.25) is 9.97 Å². The van der Waals surface area contributed by atoms with Crippen molar-refractivity contribution in [2.24, 2.45) is 0 Å². The second kappa shape index (κ2) is 8.16. The van der Waals surface area contributed by atoms with E-state index in [-0.39, 0.29) is 0 Å². The second-order valence-corrected chi connectivity index (χ2v) is 7.79. The number of hydrogen-bond donors (Lipinski definition) is 2. The monoisotopic (exact) mass is 428 g/mol. The highest BCUT2D eigenvalue weighted by Crippen LogP contribution is 2.33. The molecule has 0 fully saturated rings. The van der Waals surface area contributed by atoms with Crippen LogP contribution in [0.15, 0.2) is 97.6 Å². The number of aromatic nitrogens is 5. The molecule has 0 unspecified atom stereocenters. The third-order valence-electron chi connectivity index (χ3n) is 5.68. The minimum absolute atomic E-state index is 0.567. The summed E-state index contributed by atoms with van der Waals surface area (Å²) < 4.78 is 0. The molecular weight excluding hydrogens is 408 g/mol. The fraction of sp³-hybridized carbons (Fsp3) is 0.0370. The van der Waals surface area contributed by atoms with E-state index in [1.165, 1.54) is 10.9 Å². The molecular formula is C27H20N6. The summed E-state index contributed by atoms with van der Waals surface area (Å²) in [6, 6.07) is 24.5. The van der Waals surface area contributed by atoms with E-state index in [9.17, 15) is 0 Å². The average Bonchev–Trinajstić information content (AvgIpc) is 3.37. The molecule has 158 valence electrons. The molecule has 2 aromatic carbocycles. The average molecular weight is 428 g/mol. The Morgan fingerprint density at radius 3 is 2.67 bits per heavy atom. The Morgan fingerprint density at radius 2 is 1.79 bits per heavy atom. The molecule has 0 atom stereocenters. The Balaban J connectivity index is 1.50.